The maximum absolute atomic E-state index is 12.3. The van der Waals surface area contributed by atoms with Gasteiger partial charge in [0.1, 0.15) is 0 Å². The number of hydrogen-bond acceptors (Lipinski definition) is 4. The lowest BCUT2D eigenvalue weighted by molar-refractivity contribution is -0.132. The van der Waals surface area contributed by atoms with Crippen molar-refractivity contribution in [2.75, 3.05) is 12.3 Å². The molecule has 1 aromatic carbocycles. The van der Waals surface area contributed by atoms with E-state index in [1.807, 2.05) is 35.4 Å². The van der Waals surface area contributed by atoms with Crippen LogP contribution in [0.3, 0.4) is 0 Å². The molecule has 6 heteroatoms. The van der Waals surface area contributed by atoms with E-state index in [1.54, 1.807) is 18.0 Å². The number of pyridine rings is 1. The number of aromatic nitrogens is 1. The molecule has 0 saturated carbocycles. The molecule has 1 aliphatic rings. The number of thioether (sulfide) groups is 1. The quantitative estimate of drug-likeness (QED) is 0.727. The van der Waals surface area contributed by atoms with Gasteiger partial charge in [0.05, 0.1) is 5.75 Å². The van der Waals surface area contributed by atoms with E-state index in [0.717, 1.165) is 11.3 Å². The van der Waals surface area contributed by atoms with Crippen LogP contribution in [0, 0.1) is 0 Å². The predicted octanol–water partition coefficient (Wildman–Crippen LogP) is 2.75. The molecule has 0 unspecified atom stereocenters. The molecule has 0 aliphatic carbocycles. The Bertz CT molecular complexity index is 727. The molecule has 2 amide bonds. The highest BCUT2D eigenvalue weighted by Gasteiger charge is 2.22. The summed E-state index contributed by atoms with van der Waals surface area (Å²) in [5.41, 5.74) is 3.59. The van der Waals surface area contributed by atoms with E-state index in [0.29, 0.717) is 38.2 Å². The summed E-state index contributed by atoms with van der Waals surface area (Å²) in [6.45, 7) is 1.94. The van der Waals surface area contributed by atoms with Crippen LogP contribution in [0.15, 0.2) is 48.8 Å². The Kier molecular flexibility index (Phi) is 6.66. The third kappa shape index (κ3) is 5.33. The minimum Gasteiger partial charge on any atom is -0.355 e. The minimum atomic E-state index is 0.0138. The number of rotatable bonds is 8. The third-order valence-corrected chi connectivity index (χ3v) is 5.31. The number of fused-ring (bicyclic) bond motifs is 1. The molecular weight excluding hydrogens is 346 g/mol. The van der Waals surface area contributed by atoms with Gasteiger partial charge in [0.15, 0.2) is 0 Å². The van der Waals surface area contributed by atoms with Gasteiger partial charge in [0.2, 0.25) is 11.8 Å². The van der Waals surface area contributed by atoms with Crippen molar-refractivity contribution >= 4 is 23.6 Å². The van der Waals surface area contributed by atoms with Gasteiger partial charge in [0, 0.05) is 44.2 Å². The molecule has 2 heterocycles. The third-order valence-electron chi connectivity index (χ3n) is 4.31. The van der Waals surface area contributed by atoms with E-state index in [2.05, 4.69) is 22.4 Å². The van der Waals surface area contributed by atoms with Crippen molar-refractivity contribution in [3.8, 4) is 0 Å². The average Bonchev–Trinajstić information content (AvgIpc) is 3.10. The SMILES string of the molecule is O=C(CSCc1cccnc1)NCCCC(=O)N1Cc2ccccc2C1. The fourth-order valence-corrected chi connectivity index (χ4v) is 3.73. The molecule has 5 nitrogen and oxygen atoms in total. The second kappa shape index (κ2) is 9.38. The molecule has 0 saturated heterocycles. The molecular formula is C20H23N3O2S. The molecule has 0 bridgehead atoms. The van der Waals surface area contributed by atoms with Gasteiger partial charge in [0.25, 0.3) is 0 Å². The number of hydrogen-bond donors (Lipinski definition) is 1. The van der Waals surface area contributed by atoms with Crippen LogP contribution in [-0.4, -0.2) is 34.0 Å². The first-order valence-corrected chi connectivity index (χ1v) is 9.96. The van der Waals surface area contributed by atoms with Crippen molar-refractivity contribution in [2.45, 2.75) is 31.7 Å². The highest BCUT2D eigenvalue weighted by atomic mass is 32.2. The minimum absolute atomic E-state index is 0.0138. The van der Waals surface area contributed by atoms with Crippen molar-refractivity contribution in [2.24, 2.45) is 0 Å². The van der Waals surface area contributed by atoms with Gasteiger partial charge in [-0.05, 0) is 29.2 Å². The van der Waals surface area contributed by atoms with E-state index in [1.165, 1.54) is 11.1 Å². The van der Waals surface area contributed by atoms with Crippen molar-refractivity contribution < 1.29 is 9.59 Å². The maximum Gasteiger partial charge on any atom is 0.230 e. The molecule has 136 valence electrons. The van der Waals surface area contributed by atoms with E-state index < -0.39 is 0 Å². The normalized spacial score (nSPS) is 12.7. The van der Waals surface area contributed by atoms with Gasteiger partial charge in [-0.1, -0.05) is 30.3 Å². The molecule has 1 aromatic heterocycles. The van der Waals surface area contributed by atoms with E-state index in [-0.39, 0.29) is 11.8 Å². The van der Waals surface area contributed by atoms with Crippen molar-refractivity contribution in [3.05, 3.63) is 65.5 Å². The summed E-state index contributed by atoms with van der Waals surface area (Å²) in [4.78, 5) is 30.1. The first-order chi connectivity index (χ1) is 12.7. The van der Waals surface area contributed by atoms with E-state index >= 15 is 0 Å². The Morgan fingerprint density at radius 1 is 1.12 bits per heavy atom. The molecule has 0 spiro atoms. The number of amides is 2. The lowest BCUT2D eigenvalue weighted by atomic mass is 10.1. The van der Waals surface area contributed by atoms with Gasteiger partial charge < -0.3 is 10.2 Å². The largest absolute Gasteiger partial charge is 0.355 e. The number of carbonyl (C=O) groups is 2. The summed E-state index contributed by atoms with van der Waals surface area (Å²) < 4.78 is 0. The van der Waals surface area contributed by atoms with Crippen LogP contribution in [0.25, 0.3) is 0 Å². The number of nitrogens with one attached hydrogen (secondary N) is 1. The molecule has 0 atom stereocenters. The highest BCUT2D eigenvalue weighted by molar-refractivity contribution is 7.99. The summed E-state index contributed by atoms with van der Waals surface area (Å²) in [5, 5.41) is 2.89. The summed E-state index contributed by atoms with van der Waals surface area (Å²) >= 11 is 1.56. The Morgan fingerprint density at radius 3 is 2.58 bits per heavy atom. The van der Waals surface area contributed by atoms with Gasteiger partial charge in [-0.2, -0.15) is 0 Å². The maximum atomic E-state index is 12.3. The van der Waals surface area contributed by atoms with Crippen molar-refractivity contribution in [1.29, 1.82) is 0 Å². The summed E-state index contributed by atoms with van der Waals surface area (Å²) in [6.07, 6.45) is 4.69. The number of benzene rings is 1. The zero-order chi connectivity index (χ0) is 18.2. The summed E-state index contributed by atoms with van der Waals surface area (Å²) in [6, 6.07) is 12.1. The Labute approximate surface area is 158 Å². The molecule has 1 aliphatic heterocycles. The van der Waals surface area contributed by atoms with Crippen molar-refractivity contribution in [3.63, 3.8) is 0 Å². The number of carbonyl (C=O) groups excluding carboxylic acids is 2. The van der Waals surface area contributed by atoms with Gasteiger partial charge in [-0.15, -0.1) is 11.8 Å². The lowest BCUT2D eigenvalue weighted by Gasteiger charge is -2.15. The second-order valence-electron chi connectivity index (χ2n) is 6.33. The van der Waals surface area contributed by atoms with Crippen LogP contribution in [0.4, 0.5) is 0 Å². The monoisotopic (exact) mass is 369 g/mol. The van der Waals surface area contributed by atoms with Crippen LogP contribution in [-0.2, 0) is 28.4 Å². The molecule has 0 radical (unpaired) electrons. The fraction of sp³-hybridized carbons (Fsp3) is 0.350. The van der Waals surface area contributed by atoms with Gasteiger partial charge >= 0.3 is 0 Å². The standard InChI is InChI=1S/C20H23N3O2S/c24-19(15-26-14-16-5-3-9-21-11-16)22-10-4-8-20(25)23-12-17-6-1-2-7-18(17)13-23/h1-3,5-7,9,11H,4,8,10,12-15H2,(H,22,24). The highest BCUT2D eigenvalue weighted by Crippen LogP contribution is 2.22. The van der Waals surface area contributed by atoms with Gasteiger partial charge in [-0.3, -0.25) is 14.6 Å². The van der Waals surface area contributed by atoms with E-state index in [9.17, 15) is 9.59 Å². The smallest absolute Gasteiger partial charge is 0.230 e. The van der Waals surface area contributed by atoms with Crippen LogP contribution >= 0.6 is 11.8 Å². The lowest BCUT2D eigenvalue weighted by Crippen LogP contribution is -2.29. The first-order valence-electron chi connectivity index (χ1n) is 8.80. The zero-order valence-electron chi connectivity index (χ0n) is 14.7. The van der Waals surface area contributed by atoms with Crippen LogP contribution in [0.2, 0.25) is 0 Å². The van der Waals surface area contributed by atoms with Crippen LogP contribution in [0.5, 0.6) is 0 Å². The summed E-state index contributed by atoms with van der Waals surface area (Å²) in [7, 11) is 0. The fourth-order valence-electron chi connectivity index (χ4n) is 2.93. The molecule has 26 heavy (non-hydrogen) atoms. The van der Waals surface area contributed by atoms with Crippen LogP contribution in [0.1, 0.15) is 29.5 Å². The Balaban J connectivity index is 1.27. The molecule has 0 fully saturated rings. The topological polar surface area (TPSA) is 62.3 Å². The van der Waals surface area contributed by atoms with Crippen LogP contribution < -0.4 is 5.32 Å². The number of nitrogens with zero attached hydrogens (tertiary/aromatic N) is 2. The Morgan fingerprint density at radius 2 is 1.88 bits per heavy atom. The van der Waals surface area contributed by atoms with E-state index in [4.69, 9.17) is 0 Å². The molecule has 2 aromatic rings. The van der Waals surface area contributed by atoms with Gasteiger partial charge in [-0.25, -0.2) is 0 Å². The second-order valence-corrected chi connectivity index (χ2v) is 7.31. The summed E-state index contributed by atoms with van der Waals surface area (Å²) in [5.74, 6) is 1.36. The van der Waals surface area contributed by atoms with Crippen molar-refractivity contribution in [1.82, 2.24) is 15.2 Å². The molecule has 3 rings (SSSR count). The first kappa shape index (κ1) is 18.5. The molecule has 1 N–H and O–H groups in total. The Hall–Kier alpha value is -2.34. The zero-order valence-corrected chi connectivity index (χ0v) is 15.5. The average molecular weight is 369 g/mol. The predicted molar refractivity (Wildman–Crippen MR) is 103 cm³/mol.